The largest absolute Gasteiger partial charge is 0.494 e. The molecule has 0 unspecified atom stereocenters. The summed E-state index contributed by atoms with van der Waals surface area (Å²) in [6.07, 6.45) is 1.69. The number of para-hydroxylation sites is 1. The molecule has 0 amide bonds. The van der Waals surface area contributed by atoms with Gasteiger partial charge in [0.15, 0.2) is 0 Å². The highest BCUT2D eigenvalue weighted by Crippen LogP contribution is 2.39. The predicted molar refractivity (Wildman–Crippen MR) is 83.2 cm³/mol. The molecule has 0 bridgehead atoms. The lowest BCUT2D eigenvalue weighted by Crippen LogP contribution is -1.95. The average Bonchev–Trinajstić information content (AvgIpc) is 2.46. The van der Waals surface area contributed by atoms with E-state index in [0.29, 0.717) is 16.5 Å². The maximum Gasteiger partial charge on any atom is 0.145 e. The molecular weight excluding hydrogens is 272 g/mol. The molecule has 3 aromatic rings. The SMILES string of the molecule is COc1cnc2cc(Cl)ccc2c1-c1ccccc1N. The maximum absolute atomic E-state index is 6.10. The number of nitrogen functional groups attached to an aromatic ring is 1. The summed E-state index contributed by atoms with van der Waals surface area (Å²) in [6, 6.07) is 13.3. The molecule has 100 valence electrons. The van der Waals surface area contributed by atoms with Gasteiger partial charge in [0.05, 0.1) is 18.8 Å². The van der Waals surface area contributed by atoms with Crippen molar-refractivity contribution in [3.63, 3.8) is 0 Å². The van der Waals surface area contributed by atoms with Crippen molar-refractivity contribution >= 4 is 28.2 Å². The average molecular weight is 285 g/mol. The van der Waals surface area contributed by atoms with Crippen molar-refractivity contribution in [2.45, 2.75) is 0 Å². The lowest BCUT2D eigenvalue weighted by molar-refractivity contribution is 0.415. The second-order valence-electron chi connectivity index (χ2n) is 4.45. The fraction of sp³-hybridized carbons (Fsp3) is 0.0625. The van der Waals surface area contributed by atoms with Crippen molar-refractivity contribution < 1.29 is 4.74 Å². The van der Waals surface area contributed by atoms with Crippen molar-refractivity contribution in [1.82, 2.24) is 4.98 Å². The Bertz CT molecular complexity index is 787. The van der Waals surface area contributed by atoms with E-state index >= 15 is 0 Å². The molecule has 3 nitrogen and oxygen atoms in total. The summed E-state index contributed by atoms with van der Waals surface area (Å²) < 4.78 is 5.44. The van der Waals surface area contributed by atoms with E-state index in [2.05, 4.69) is 4.98 Å². The maximum atomic E-state index is 6.10. The first-order chi connectivity index (χ1) is 9.70. The fourth-order valence-corrected chi connectivity index (χ4v) is 2.47. The van der Waals surface area contributed by atoms with Gasteiger partial charge < -0.3 is 10.5 Å². The van der Waals surface area contributed by atoms with Crippen LogP contribution in [0.4, 0.5) is 5.69 Å². The number of anilines is 1. The number of ether oxygens (including phenoxy) is 1. The number of nitrogens with two attached hydrogens (primary N) is 1. The fourth-order valence-electron chi connectivity index (χ4n) is 2.31. The van der Waals surface area contributed by atoms with E-state index in [0.717, 1.165) is 22.0 Å². The van der Waals surface area contributed by atoms with Gasteiger partial charge in [0.2, 0.25) is 0 Å². The minimum Gasteiger partial charge on any atom is -0.494 e. The first kappa shape index (κ1) is 12.8. The second-order valence-corrected chi connectivity index (χ2v) is 4.89. The molecule has 0 aliphatic carbocycles. The summed E-state index contributed by atoms with van der Waals surface area (Å²) in [4.78, 5) is 4.38. The molecule has 2 aromatic carbocycles. The lowest BCUT2D eigenvalue weighted by atomic mass is 9.99. The van der Waals surface area contributed by atoms with Gasteiger partial charge in [0.1, 0.15) is 5.75 Å². The molecule has 20 heavy (non-hydrogen) atoms. The smallest absolute Gasteiger partial charge is 0.145 e. The van der Waals surface area contributed by atoms with Crippen molar-refractivity contribution in [3.8, 4) is 16.9 Å². The molecule has 0 aliphatic rings. The zero-order valence-corrected chi connectivity index (χ0v) is 11.7. The molecule has 0 fully saturated rings. The zero-order chi connectivity index (χ0) is 14.1. The van der Waals surface area contributed by atoms with E-state index in [-0.39, 0.29) is 0 Å². The quantitative estimate of drug-likeness (QED) is 0.719. The third-order valence-electron chi connectivity index (χ3n) is 3.25. The van der Waals surface area contributed by atoms with Gasteiger partial charge in [0, 0.05) is 27.2 Å². The van der Waals surface area contributed by atoms with Crippen LogP contribution in [0.2, 0.25) is 5.02 Å². The van der Waals surface area contributed by atoms with Gasteiger partial charge in [-0.1, -0.05) is 35.9 Å². The number of hydrogen-bond donors (Lipinski definition) is 1. The summed E-state index contributed by atoms with van der Waals surface area (Å²) in [6.45, 7) is 0. The Labute approximate surface area is 122 Å². The molecule has 1 heterocycles. The molecule has 4 heteroatoms. The molecule has 0 saturated heterocycles. The molecule has 0 atom stereocenters. The highest BCUT2D eigenvalue weighted by atomic mass is 35.5. The highest BCUT2D eigenvalue weighted by Gasteiger charge is 2.14. The van der Waals surface area contributed by atoms with Crippen molar-refractivity contribution in [2.24, 2.45) is 0 Å². The third kappa shape index (κ3) is 2.06. The summed E-state index contributed by atoms with van der Waals surface area (Å²) in [7, 11) is 1.63. The number of pyridine rings is 1. The predicted octanol–water partition coefficient (Wildman–Crippen LogP) is 4.15. The van der Waals surface area contributed by atoms with Crippen LogP contribution in [-0.4, -0.2) is 12.1 Å². The van der Waals surface area contributed by atoms with Crippen molar-refractivity contribution in [2.75, 3.05) is 12.8 Å². The number of aromatic nitrogens is 1. The minimum atomic E-state index is 0.655. The monoisotopic (exact) mass is 284 g/mol. The molecule has 0 aliphatic heterocycles. The Morgan fingerprint density at radius 1 is 1.15 bits per heavy atom. The van der Waals surface area contributed by atoms with Crippen LogP contribution in [0, 0.1) is 0 Å². The van der Waals surface area contributed by atoms with E-state index in [4.69, 9.17) is 22.1 Å². The van der Waals surface area contributed by atoms with Gasteiger partial charge in [-0.3, -0.25) is 4.98 Å². The number of methoxy groups -OCH3 is 1. The summed E-state index contributed by atoms with van der Waals surface area (Å²) >= 11 is 6.03. The molecule has 3 rings (SSSR count). The van der Waals surface area contributed by atoms with Crippen LogP contribution in [0.5, 0.6) is 5.75 Å². The number of benzene rings is 2. The van der Waals surface area contributed by atoms with Crippen LogP contribution in [0.1, 0.15) is 0 Å². The van der Waals surface area contributed by atoms with E-state index in [1.807, 2.05) is 42.5 Å². The standard InChI is InChI=1S/C16H13ClN2O/c1-20-15-9-19-14-8-10(17)6-7-12(14)16(15)11-4-2-3-5-13(11)18/h2-9H,18H2,1H3. The lowest BCUT2D eigenvalue weighted by Gasteiger charge is -2.13. The number of hydrogen-bond acceptors (Lipinski definition) is 3. The summed E-state index contributed by atoms with van der Waals surface area (Å²) in [5.41, 5.74) is 9.48. The number of halogens is 1. The topological polar surface area (TPSA) is 48.1 Å². The van der Waals surface area contributed by atoms with E-state index < -0.39 is 0 Å². The molecule has 0 spiro atoms. The summed E-state index contributed by atoms with van der Waals surface area (Å²) in [5.74, 6) is 0.692. The molecule has 0 saturated carbocycles. The normalized spacial score (nSPS) is 10.7. The zero-order valence-electron chi connectivity index (χ0n) is 10.9. The van der Waals surface area contributed by atoms with Gasteiger partial charge in [-0.15, -0.1) is 0 Å². The van der Waals surface area contributed by atoms with Gasteiger partial charge in [-0.05, 0) is 18.2 Å². The van der Waals surface area contributed by atoms with Crippen LogP contribution >= 0.6 is 11.6 Å². The van der Waals surface area contributed by atoms with Crippen LogP contribution in [0.3, 0.4) is 0 Å². The van der Waals surface area contributed by atoms with Gasteiger partial charge in [0.25, 0.3) is 0 Å². The van der Waals surface area contributed by atoms with Gasteiger partial charge >= 0.3 is 0 Å². The minimum absolute atomic E-state index is 0.655. The Balaban J connectivity index is 2.40. The Morgan fingerprint density at radius 3 is 2.70 bits per heavy atom. The molecule has 1 aromatic heterocycles. The van der Waals surface area contributed by atoms with E-state index in [9.17, 15) is 0 Å². The van der Waals surface area contributed by atoms with Crippen LogP contribution in [-0.2, 0) is 0 Å². The van der Waals surface area contributed by atoms with Crippen LogP contribution in [0.25, 0.3) is 22.0 Å². The number of nitrogens with zero attached hydrogens (tertiary/aromatic N) is 1. The Hall–Kier alpha value is -2.26. The van der Waals surface area contributed by atoms with Gasteiger partial charge in [-0.25, -0.2) is 0 Å². The van der Waals surface area contributed by atoms with Gasteiger partial charge in [-0.2, -0.15) is 0 Å². The van der Waals surface area contributed by atoms with Crippen LogP contribution in [0.15, 0.2) is 48.7 Å². The Morgan fingerprint density at radius 2 is 1.95 bits per heavy atom. The number of fused-ring (bicyclic) bond motifs is 1. The summed E-state index contributed by atoms with van der Waals surface area (Å²) in [5, 5.41) is 1.62. The molecular formula is C16H13ClN2O. The first-order valence-corrected chi connectivity index (χ1v) is 6.55. The van der Waals surface area contributed by atoms with E-state index in [1.165, 1.54) is 0 Å². The highest BCUT2D eigenvalue weighted by molar-refractivity contribution is 6.31. The Kier molecular flexibility index (Phi) is 3.20. The van der Waals surface area contributed by atoms with Crippen LogP contribution < -0.4 is 10.5 Å². The first-order valence-electron chi connectivity index (χ1n) is 6.18. The second kappa shape index (κ2) is 5.02. The van der Waals surface area contributed by atoms with E-state index in [1.54, 1.807) is 13.3 Å². The third-order valence-corrected chi connectivity index (χ3v) is 3.48. The molecule has 2 N–H and O–H groups in total. The van der Waals surface area contributed by atoms with Crippen molar-refractivity contribution in [3.05, 3.63) is 53.7 Å². The number of rotatable bonds is 2. The van der Waals surface area contributed by atoms with Crippen molar-refractivity contribution in [1.29, 1.82) is 0 Å². The molecule has 0 radical (unpaired) electrons.